The molecule has 4 atom stereocenters. The number of nitrogen functional groups attached to an aromatic ring is 1. The molecule has 12 nitrogen and oxygen atoms in total. The third-order valence-corrected chi connectivity index (χ3v) is 4.58. The predicted octanol–water partition coefficient (Wildman–Crippen LogP) is -0.828. The average Bonchev–Trinajstić information content (AvgIpc) is 3.22. The second kappa shape index (κ2) is 7.60. The van der Waals surface area contributed by atoms with E-state index in [2.05, 4.69) is 25.5 Å². The van der Waals surface area contributed by atoms with Crippen LogP contribution >= 0.6 is 0 Å². The standard InChI is InChI=1S/C17H19N7O5/c18-14-11-15(20-7-19-14)24(16-13(28)12(27)10(6-25)29-16)17(22-11)23-21-5-8-3-1-2-4-9(8)26/h1-5,7,10,12-13,16,25-28H,6H2,(H,22,23)(H2,18,19,20)/b21-5-/t10-,12-,13-,16-/m1/s1. The molecule has 7 N–H and O–H groups in total. The van der Waals surface area contributed by atoms with Crippen LogP contribution in [0.25, 0.3) is 11.2 Å². The quantitative estimate of drug-likeness (QED) is 0.233. The number of para-hydroxylation sites is 1. The highest BCUT2D eigenvalue weighted by Crippen LogP contribution is 2.35. The molecule has 4 rings (SSSR count). The fourth-order valence-electron chi connectivity index (χ4n) is 3.10. The first-order chi connectivity index (χ1) is 14.0. The van der Waals surface area contributed by atoms with E-state index in [-0.39, 0.29) is 28.7 Å². The van der Waals surface area contributed by atoms with Gasteiger partial charge in [-0.15, -0.1) is 0 Å². The minimum Gasteiger partial charge on any atom is -0.507 e. The second-order valence-electron chi connectivity index (χ2n) is 6.39. The van der Waals surface area contributed by atoms with Crippen molar-refractivity contribution in [3.63, 3.8) is 0 Å². The van der Waals surface area contributed by atoms with Gasteiger partial charge in [-0.3, -0.25) is 4.57 Å². The van der Waals surface area contributed by atoms with Crippen LogP contribution in [0.15, 0.2) is 35.7 Å². The Bertz CT molecular complexity index is 1060. The van der Waals surface area contributed by atoms with Gasteiger partial charge in [0.25, 0.3) is 0 Å². The summed E-state index contributed by atoms with van der Waals surface area (Å²) in [4.78, 5) is 12.3. The molecular weight excluding hydrogens is 382 g/mol. The van der Waals surface area contributed by atoms with E-state index in [0.29, 0.717) is 5.56 Å². The van der Waals surface area contributed by atoms with Crippen LogP contribution in [-0.4, -0.2) is 71.1 Å². The lowest BCUT2D eigenvalue weighted by molar-refractivity contribution is -0.0501. The summed E-state index contributed by atoms with van der Waals surface area (Å²) in [6, 6.07) is 6.61. The number of aromatic hydroxyl groups is 1. The van der Waals surface area contributed by atoms with Gasteiger partial charge in [0, 0.05) is 5.56 Å². The molecule has 0 spiro atoms. The fourth-order valence-corrected chi connectivity index (χ4v) is 3.10. The van der Waals surface area contributed by atoms with Gasteiger partial charge in [-0.25, -0.2) is 20.4 Å². The van der Waals surface area contributed by atoms with Crippen LogP contribution in [0.5, 0.6) is 5.75 Å². The number of fused-ring (bicyclic) bond motifs is 1. The number of hydrogen-bond acceptors (Lipinski definition) is 11. The molecule has 1 aromatic carbocycles. The highest BCUT2D eigenvalue weighted by atomic mass is 16.6. The summed E-state index contributed by atoms with van der Waals surface area (Å²) in [6.45, 7) is -0.479. The van der Waals surface area contributed by atoms with E-state index in [1.54, 1.807) is 18.2 Å². The maximum Gasteiger partial charge on any atom is 0.228 e. The first-order valence-electron chi connectivity index (χ1n) is 8.69. The smallest absolute Gasteiger partial charge is 0.228 e. The van der Waals surface area contributed by atoms with Crippen LogP contribution < -0.4 is 11.2 Å². The number of hydrogen-bond donors (Lipinski definition) is 6. The molecule has 29 heavy (non-hydrogen) atoms. The second-order valence-corrected chi connectivity index (χ2v) is 6.39. The molecule has 1 saturated heterocycles. The maximum atomic E-state index is 10.4. The number of nitrogens with two attached hydrogens (primary N) is 1. The lowest BCUT2D eigenvalue weighted by atomic mass is 10.1. The van der Waals surface area contributed by atoms with Crippen molar-refractivity contribution >= 4 is 29.1 Å². The summed E-state index contributed by atoms with van der Waals surface area (Å²) in [5.41, 5.74) is 9.53. The molecule has 0 bridgehead atoms. The van der Waals surface area contributed by atoms with Crippen molar-refractivity contribution in [1.82, 2.24) is 19.5 Å². The summed E-state index contributed by atoms with van der Waals surface area (Å²) in [6.07, 6.45) is -2.14. The van der Waals surface area contributed by atoms with Gasteiger partial charge in [-0.2, -0.15) is 5.10 Å². The van der Waals surface area contributed by atoms with Gasteiger partial charge < -0.3 is 30.9 Å². The summed E-state index contributed by atoms with van der Waals surface area (Å²) in [7, 11) is 0. The highest BCUT2D eigenvalue weighted by Gasteiger charge is 2.45. The number of aliphatic hydroxyl groups excluding tert-OH is 3. The number of rotatable bonds is 5. The number of aromatic nitrogens is 4. The van der Waals surface area contributed by atoms with Gasteiger partial charge in [-0.05, 0) is 12.1 Å². The molecule has 152 valence electrons. The van der Waals surface area contributed by atoms with Gasteiger partial charge in [0.15, 0.2) is 23.2 Å². The fraction of sp³-hybridized carbons (Fsp3) is 0.294. The minimum atomic E-state index is -1.36. The minimum absolute atomic E-state index is 0.0464. The molecule has 1 aliphatic heterocycles. The van der Waals surface area contributed by atoms with Crippen molar-refractivity contribution in [3.8, 4) is 5.75 Å². The van der Waals surface area contributed by atoms with E-state index in [1.165, 1.54) is 23.2 Å². The zero-order valence-electron chi connectivity index (χ0n) is 15.0. The molecular formula is C17H19N7O5. The van der Waals surface area contributed by atoms with E-state index in [4.69, 9.17) is 10.5 Å². The normalized spacial score (nSPS) is 24.5. The predicted molar refractivity (Wildman–Crippen MR) is 102 cm³/mol. The molecule has 3 heterocycles. The van der Waals surface area contributed by atoms with Crippen molar-refractivity contribution < 1.29 is 25.2 Å². The molecule has 0 aliphatic carbocycles. The number of benzene rings is 1. The lowest BCUT2D eigenvalue weighted by Crippen LogP contribution is -2.33. The van der Waals surface area contributed by atoms with Gasteiger partial charge in [0.05, 0.1) is 12.8 Å². The Morgan fingerprint density at radius 2 is 2.03 bits per heavy atom. The molecule has 12 heteroatoms. The molecule has 0 amide bonds. The molecule has 1 aliphatic rings. The maximum absolute atomic E-state index is 10.4. The van der Waals surface area contributed by atoms with Crippen molar-refractivity contribution in [3.05, 3.63) is 36.2 Å². The molecule has 0 saturated carbocycles. The van der Waals surface area contributed by atoms with Gasteiger partial charge in [0.1, 0.15) is 30.4 Å². The lowest BCUT2D eigenvalue weighted by Gasteiger charge is -2.18. The number of phenolic OH excluding ortho intramolecular Hbond substituents is 1. The Hall–Kier alpha value is -3.32. The van der Waals surface area contributed by atoms with Crippen molar-refractivity contribution in [2.75, 3.05) is 17.8 Å². The summed E-state index contributed by atoms with van der Waals surface area (Å²) < 4.78 is 6.97. The molecule has 0 unspecified atom stereocenters. The third-order valence-electron chi connectivity index (χ3n) is 4.58. The van der Waals surface area contributed by atoms with Gasteiger partial charge in [0.2, 0.25) is 5.95 Å². The van der Waals surface area contributed by atoms with Crippen molar-refractivity contribution in [1.29, 1.82) is 0 Å². The number of imidazole rings is 1. The van der Waals surface area contributed by atoms with E-state index in [9.17, 15) is 20.4 Å². The topological polar surface area (TPSA) is 184 Å². The van der Waals surface area contributed by atoms with Crippen molar-refractivity contribution in [2.24, 2.45) is 5.10 Å². The first-order valence-corrected chi connectivity index (χ1v) is 8.69. The van der Waals surface area contributed by atoms with Crippen LogP contribution in [-0.2, 0) is 4.74 Å². The number of hydrazone groups is 1. The number of nitrogens with one attached hydrogen (secondary N) is 1. The number of ether oxygens (including phenoxy) is 1. The van der Waals surface area contributed by atoms with E-state index >= 15 is 0 Å². The molecule has 2 aromatic heterocycles. The first kappa shape index (κ1) is 19.0. The monoisotopic (exact) mass is 401 g/mol. The number of nitrogens with zero attached hydrogens (tertiary/aromatic N) is 5. The zero-order chi connectivity index (χ0) is 20.5. The van der Waals surface area contributed by atoms with E-state index < -0.39 is 31.1 Å². The van der Waals surface area contributed by atoms with Crippen LogP contribution in [0.3, 0.4) is 0 Å². The van der Waals surface area contributed by atoms with Crippen LogP contribution in [0.1, 0.15) is 11.8 Å². The largest absolute Gasteiger partial charge is 0.507 e. The highest BCUT2D eigenvalue weighted by molar-refractivity contribution is 5.85. The Balaban J connectivity index is 1.73. The molecule has 0 radical (unpaired) electrons. The average molecular weight is 401 g/mol. The Labute approximate surface area is 163 Å². The van der Waals surface area contributed by atoms with Crippen LogP contribution in [0.2, 0.25) is 0 Å². The molecule has 3 aromatic rings. The third kappa shape index (κ3) is 3.34. The molecule has 1 fully saturated rings. The summed E-state index contributed by atoms with van der Waals surface area (Å²) in [5, 5.41) is 43.8. The Kier molecular flexibility index (Phi) is 4.98. The van der Waals surface area contributed by atoms with Gasteiger partial charge >= 0.3 is 0 Å². The Morgan fingerprint density at radius 1 is 1.24 bits per heavy atom. The number of phenols is 1. The number of anilines is 2. The Morgan fingerprint density at radius 3 is 2.76 bits per heavy atom. The van der Waals surface area contributed by atoms with E-state index in [0.717, 1.165) is 0 Å². The van der Waals surface area contributed by atoms with Crippen molar-refractivity contribution in [2.45, 2.75) is 24.5 Å². The van der Waals surface area contributed by atoms with Crippen LogP contribution in [0.4, 0.5) is 11.8 Å². The van der Waals surface area contributed by atoms with Gasteiger partial charge in [-0.1, -0.05) is 12.1 Å². The summed E-state index contributed by atoms with van der Waals surface area (Å²) in [5.74, 6) is 0.257. The van der Waals surface area contributed by atoms with E-state index in [1.807, 2.05) is 0 Å². The van der Waals surface area contributed by atoms with Crippen LogP contribution in [0, 0.1) is 0 Å². The zero-order valence-corrected chi connectivity index (χ0v) is 15.0. The SMILES string of the molecule is Nc1ncnc2c1nc(N/N=C\c1ccccc1O)n2[C@@H]1O[C@H](CO)[C@@H](O)[C@H]1O. The summed E-state index contributed by atoms with van der Waals surface area (Å²) >= 11 is 0. The number of aliphatic hydroxyl groups is 3.